The van der Waals surface area contributed by atoms with Crippen LogP contribution in [0, 0.1) is 5.82 Å². The molecular weight excluding hydrogens is 321 g/mol. The number of ether oxygens (including phenoxy) is 1. The summed E-state index contributed by atoms with van der Waals surface area (Å²) in [6, 6.07) is 2.97. The average molecular weight is 337 g/mol. The lowest BCUT2D eigenvalue weighted by molar-refractivity contribution is 0.0895. The third kappa shape index (κ3) is 2.85. The molecule has 2 aliphatic rings. The summed E-state index contributed by atoms with van der Waals surface area (Å²) >= 11 is 3.65. The van der Waals surface area contributed by atoms with E-state index in [0.29, 0.717) is 0 Å². The average Bonchev–Trinajstić information content (AvgIpc) is 3.11. The molecule has 2 aromatic heterocycles. The van der Waals surface area contributed by atoms with Gasteiger partial charge >= 0.3 is 0 Å². The highest BCUT2D eigenvalue weighted by Gasteiger charge is 2.49. The van der Waals surface area contributed by atoms with Crippen LogP contribution in [0.2, 0.25) is 0 Å². The van der Waals surface area contributed by atoms with E-state index in [-0.39, 0.29) is 22.5 Å². The Morgan fingerprint density at radius 1 is 1.36 bits per heavy atom. The zero-order valence-electron chi connectivity index (χ0n) is 11.9. The molecule has 22 heavy (non-hydrogen) atoms. The number of thiazole rings is 1. The van der Waals surface area contributed by atoms with E-state index >= 15 is 0 Å². The maximum Gasteiger partial charge on any atom is 0.250 e. The molecule has 2 aliphatic heterocycles. The van der Waals surface area contributed by atoms with Gasteiger partial charge in [-0.1, -0.05) is 0 Å². The number of nitrogens with zero attached hydrogens (tertiary/aromatic N) is 3. The minimum absolute atomic E-state index is 0.0522. The van der Waals surface area contributed by atoms with Crippen LogP contribution in [-0.2, 0) is 6.54 Å². The van der Waals surface area contributed by atoms with Gasteiger partial charge in [0.25, 0.3) is 5.88 Å². The third-order valence-electron chi connectivity index (χ3n) is 4.04. The maximum absolute atomic E-state index is 13.6. The first-order chi connectivity index (χ1) is 10.7. The molecule has 0 N–H and O–H groups in total. The van der Waals surface area contributed by atoms with E-state index in [0.717, 1.165) is 31.8 Å². The third-order valence-corrected chi connectivity index (χ3v) is 6.38. The smallest absolute Gasteiger partial charge is 0.250 e. The molecule has 116 valence electrons. The Labute approximate surface area is 136 Å². The van der Waals surface area contributed by atoms with Crippen molar-refractivity contribution in [2.24, 2.45) is 0 Å². The van der Waals surface area contributed by atoms with Gasteiger partial charge in [-0.2, -0.15) is 0 Å². The highest BCUT2D eigenvalue weighted by Crippen LogP contribution is 2.46. The summed E-state index contributed by atoms with van der Waals surface area (Å²) in [5, 5.41) is 3.18. The van der Waals surface area contributed by atoms with Gasteiger partial charge in [-0.3, -0.25) is 4.90 Å². The van der Waals surface area contributed by atoms with Gasteiger partial charge in [0.05, 0.1) is 6.54 Å². The molecule has 0 bridgehead atoms. The number of likely N-dealkylation sites (tertiary alicyclic amines) is 1. The molecule has 7 heteroatoms. The fraction of sp³-hybridized carbons (Fsp3) is 0.467. The number of pyridine rings is 1. The minimum Gasteiger partial charge on any atom is -0.471 e. The molecule has 1 unspecified atom stereocenters. The van der Waals surface area contributed by atoms with Crippen molar-refractivity contribution in [1.82, 2.24) is 14.9 Å². The van der Waals surface area contributed by atoms with E-state index in [9.17, 15) is 4.39 Å². The molecule has 2 aromatic rings. The van der Waals surface area contributed by atoms with Gasteiger partial charge in [-0.15, -0.1) is 23.1 Å². The quantitative estimate of drug-likeness (QED) is 0.858. The van der Waals surface area contributed by atoms with Crippen LogP contribution >= 0.6 is 23.1 Å². The van der Waals surface area contributed by atoms with Gasteiger partial charge in [0.15, 0.2) is 5.82 Å². The Morgan fingerprint density at radius 3 is 3.05 bits per heavy atom. The Hall–Kier alpha value is -1.18. The molecule has 1 spiro atoms. The molecular formula is C15H16FN3OS2. The van der Waals surface area contributed by atoms with Crippen molar-refractivity contribution in [3.05, 3.63) is 40.7 Å². The van der Waals surface area contributed by atoms with Crippen molar-refractivity contribution >= 4 is 23.1 Å². The van der Waals surface area contributed by atoms with Crippen molar-refractivity contribution in [2.45, 2.75) is 23.8 Å². The van der Waals surface area contributed by atoms with Crippen molar-refractivity contribution in [3.8, 4) is 5.88 Å². The summed E-state index contributed by atoms with van der Waals surface area (Å²) in [4.78, 5) is 10.7. The molecule has 4 rings (SSSR count). The molecule has 0 saturated carbocycles. The maximum atomic E-state index is 13.6. The summed E-state index contributed by atoms with van der Waals surface area (Å²) in [6.45, 7) is 3.05. The van der Waals surface area contributed by atoms with Gasteiger partial charge in [-0.05, 0) is 12.1 Å². The molecule has 0 aromatic carbocycles. The largest absolute Gasteiger partial charge is 0.471 e. The lowest BCUT2D eigenvalue weighted by Crippen LogP contribution is -2.58. The van der Waals surface area contributed by atoms with Gasteiger partial charge < -0.3 is 4.74 Å². The van der Waals surface area contributed by atoms with Crippen LogP contribution in [0.1, 0.15) is 11.4 Å². The molecule has 4 nitrogen and oxygen atoms in total. The number of halogens is 1. The topological polar surface area (TPSA) is 38.2 Å². The Kier molecular flexibility index (Phi) is 3.79. The summed E-state index contributed by atoms with van der Waals surface area (Å²) in [5.74, 6) is 0.651. The number of rotatable bonds is 4. The monoisotopic (exact) mass is 337 g/mol. The van der Waals surface area contributed by atoms with Gasteiger partial charge in [-0.25, -0.2) is 14.4 Å². The lowest BCUT2D eigenvalue weighted by atomic mass is 9.93. The van der Waals surface area contributed by atoms with Gasteiger partial charge in [0, 0.05) is 47.8 Å². The first kappa shape index (κ1) is 14.4. The zero-order chi connectivity index (χ0) is 15.0. The van der Waals surface area contributed by atoms with Crippen LogP contribution in [0.3, 0.4) is 0 Å². The van der Waals surface area contributed by atoms with Crippen LogP contribution < -0.4 is 4.74 Å². The van der Waals surface area contributed by atoms with Crippen molar-refractivity contribution in [3.63, 3.8) is 0 Å². The SMILES string of the molecule is Fc1cccnc1OC1CSC2(C1)CN(Cc1nccs1)C2. The molecule has 4 heterocycles. The van der Waals surface area contributed by atoms with E-state index in [1.165, 1.54) is 11.1 Å². The van der Waals surface area contributed by atoms with Crippen LogP contribution in [0.4, 0.5) is 4.39 Å². The first-order valence-electron chi connectivity index (χ1n) is 7.24. The minimum atomic E-state index is -0.382. The second-order valence-corrected chi connectivity index (χ2v) is 8.27. The highest BCUT2D eigenvalue weighted by molar-refractivity contribution is 8.01. The number of hydrogen-bond donors (Lipinski definition) is 0. The second-order valence-electron chi connectivity index (χ2n) is 5.80. The van der Waals surface area contributed by atoms with E-state index in [1.54, 1.807) is 23.6 Å². The van der Waals surface area contributed by atoms with E-state index in [4.69, 9.17) is 4.74 Å². The standard InChI is InChI=1S/C15H16FN3OS2/c16-12-2-1-3-18-14(12)20-11-6-15(22-8-11)9-19(10-15)7-13-17-4-5-21-13/h1-5,11H,6-10H2. The molecule has 2 fully saturated rings. The highest BCUT2D eigenvalue weighted by atomic mass is 32.2. The van der Waals surface area contributed by atoms with Crippen LogP contribution in [-0.4, -0.2) is 44.6 Å². The lowest BCUT2D eigenvalue weighted by Gasteiger charge is -2.47. The normalized spacial score (nSPS) is 23.6. The van der Waals surface area contributed by atoms with Crippen LogP contribution in [0.5, 0.6) is 5.88 Å². The van der Waals surface area contributed by atoms with Gasteiger partial charge in [0.2, 0.25) is 0 Å². The van der Waals surface area contributed by atoms with E-state index in [2.05, 4.69) is 14.9 Å². The molecule has 0 radical (unpaired) electrons. The van der Waals surface area contributed by atoms with Crippen molar-refractivity contribution in [1.29, 1.82) is 0 Å². The molecule has 0 aliphatic carbocycles. The molecule has 2 saturated heterocycles. The number of hydrogen-bond acceptors (Lipinski definition) is 6. The fourth-order valence-electron chi connectivity index (χ4n) is 3.12. The Morgan fingerprint density at radius 2 is 2.27 bits per heavy atom. The van der Waals surface area contributed by atoms with Crippen molar-refractivity contribution in [2.75, 3.05) is 18.8 Å². The van der Waals surface area contributed by atoms with Gasteiger partial charge in [0.1, 0.15) is 11.1 Å². The molecule has 0 amide bonds. The zero-order valence-corrected chi connectivity index (χ0v) is 13.6. The first-order valence-corrected chi connectivity index (χ1v) is 9.11. The Balaban J connectivity index is 1.31. The predicted molar refractivity (Wildman–Crippen MR) is 85.8 cm³/mol. The van der Waals surface area contributed by atoms with Crippen LogP contribution in [0.25, 0.3) is 0 Å². The summed E-state index contributed by atoms with van der Waals surface area (Å²) < 4.78 is 19.6. The Bertz CT molecular complexity index is 646. The number of aromatic nitrogens is 2. The van der Waals surface area contributed by atoms with Crippen molar-refractivity contribution < 1.29 is 9.13 Å². The van der Waals surface area contributed by atoms with E-state index < -0.39 is 0 Å². The van der Waals surface area contributed by atoms with Crippen LogP contribution in [0.15, 0.2) is 29.9 Å². The number of thioether (sulfide) groups is 1. The summed E-state index contributed by atoms with van der Waals surface area (Å²) in [6.07, 6.45) is 4.43. The molecule has 1 atom stereocenters. The fourth-order valence-corrected chi connectivity index (χ4v) is 5.35. The van der Waals surface area contributed by atoms with E-state index in [1.807, 2.05) is 23.3 Å². The second kappa shape index (κ2) is 5.79. The predicted octanol–water partition coefficient (Wildman–Crippen LogP) is 2.82. The summed E-state index contributed by atoms with van der Waals surface area (Å²) in [5.41, 5.74) is 0. The summed E-state index contributed by atoms with van der Waals surface area (Å²) in [7, 11) is 0.